The van der Waals surface area contributed by atoms with Gasteiger partial charge in [0.15, 0.2) is 0 Å². The zero-order chi connectivity index (χ0) is 30.1. The molecule has 1 aliphatic rings. The van der Waals surface area contributed by atoms with Crippen LogP contribution in [-0.4, -0.2) is 61.9 Å². The number of hydrogen-bond acceptors (Lipinski definition) is 8. The second-order valence-electron chi connectivity index (χ2n) is 10.5. The Labute approximate surface area is 236 Å². The second-order valence-corrected chi connectivity index (χ2v) is 10.5. The van der Waals surface area contributed by atoms with E-state index in [4.69, 9.17) is 24.7 Å². The molecule has 0 aliphatic carbocycles. The minimum Gasteiger partial charge on any atom is -0.508 e. The summed E-state index contributed by atoms with van der Waals surface area (Å²) >= 11 is 0. The Morgan fingerprint density at radius 1 is 1.00 bits per heavy atom. The number of aromatic hydroxyl groups is 2. The summed E-state index contributed by atoms with van der Waals surface area (Å²) in [5, 5.41) is 24.2. The molecule has 0 unspecified atom stereocenters. The highest BCUT2D eigenvalue weighted by Gasteiger charge is 2.33. The smallest absolute Gasteiger partial charge is 0.405 e. The summed E-state index contributed by atoms with van der Waals surface area (Å²) < 4.78 is 23.0. The van der Waals surface area contributed by atoms with Crippen LogP contribution in [0.3, 0.4) is 0 Å². The average Bonchev–Trinajstić information content (AvgIpc) is 2.88. The van der Waals surface area contributed by atoms with Crippen LogP contribution in [0.5, 0.6) is 11.5 Å². The third kappa shape index (κ3) is 8.33. The van der Waals surface area contributed by atoms with Gasteiger partial charge in [0, 0.05) is 50.4 Å². The first-order valence-electron chi connectivity index (χ1n) is 13.3. The number of phenols is 2. The van der Waals surface area contributed by atoms with Gasteiger partial charge in [0.25, 0.3) is 5.91 Å². The zero-order valence-corrected chi connectivity index (χ0v) is 24.6. The van der Waals surface area contributed by atoms with E-state index in [0.29, 0.717) is 17.6 Å². The second kappa shape index (κ2) is 14.9. The van der Waals surface area contributed by atoms with Crippen molar-refractivity contribution >= 4 is 17.7 Å². The van der Waals surface area contributed by atoms with Crippen LogP contribution >= 0.6 is 0 Å². The summed E-state index contributed by atoms with van der Waals surface area (Å²) in [4.78, 5) is 24.6. The fourth-order valence-electron chi connectivity index (χ4n) is 5.30. The lowest BCUT2D eigenvalue weighted by atomic mass is 9.86. The van der Waals surface area contributed by atoms with E-state index in [0.717, 1.165) is 5.57 Å². The molecule has 10 heteroatoms. The van der Waals surface area contributed by atoms with E-state index >= 15 is 0 Å². The molecule has 2 amide bonds. The lowest BCUT2D eigenvalue weighted by Gasteiger charge is -2.33. The van der Waals surface area contributed by atoms with Gasteiger partial charge in [0.2, 0.25) is 0 Å². The van der Waals surface area contributed by atoms with Crippen LogP contribution in [0.25, 0.3) is 0 Å². The quantitative estimate of drug-likeness (QED) is 0.229. The number of allylic oxidation sites excluding steroid dienone is 2. The van der Waals surface area contributed by atoms with Crippen molar-refractivity contribution < 1.29 is 38.7 Å². The third-order valence-corrected chi connectivity index (χ3v) is 7.33. The summed E-state index contributed by atoms with van der Waals surface area (Å²) in [5.41, 5.74) is 6.91. The van der Waals surface area contributed by atoms with Gasteiger partial charge in [-0.15, -0.1) is 0 Å². The number of fused-ring (bicyclic) bond motifs is 2. The monoisotopic (exact) mass is 560 g/mol. The molecule has 1 aromatic rings. The first-order valence-corrected chi connectivity index (χ1v) is 13.3. The highest BCUT2D eigenvalue weighted by atomic mass is 16.6. The molecule has 2 rings (SSSR count). The Morgan fingerprint density at radius 3 is 2.25 bits per heavy atom. The van der Waals surface area contributed by atoms with Crippen molar-refractivity contribution in [3.63, 3.8) is 0 Å². The Bertz CT molecular complexity index is 1130. The number of carbonyl (C=O) groups excluding carboxylic acids is 2. The molecule has 0 fully saturated rings. The van der Waals surface area contributed by atoms with E-state index in [1.807, 2.05) is 33.8 Å². The highest BCUT2D eigenvalue weighted by Crippen LogP contribution is 2.42. The minimum absolute atomic E-state index is 0.0543. The maximum atomic E-state index is 12.9. The van der Waals surface area contributed by atoms with E-state index < -0.39 is 24.2 Å². The summed E-state index contributed by atoms with van der Waals surface area (Å²) in [5.74, 6) is -1.43. The van der Waals surface area contributed by atoms with E-state index in [1.54, 1.807) is 39.4 Å². The molecule has 222 valence electrons. The Morgan fingerprint density at radius 2 is 1.68 bits per heavy atom. The van der Waals surface area contributed by atoms with E-state index in [1.165, 1.54) is 19.2 Å². The third-order valence-electron chi connectivity index (χ3n) is 7.33. The molecule has 1 heterocycles. The first-order chi connectivity index (χ1) is 18.8. The van der Waals surface area contributed by atoms with Crippen molar-refractivity contribution in [3.05, 3.63) is 53.1 Å². The van der Waals surface area contributed by atoms with Crippen molar-refractivity contribution in [2.75, 3.05) is 26.6 Å². The van der Waals surface area contributed by atoms with Gasteiger partial charge >= 0.3 is 6.09 Å². The Hall–Kier alpha value is -3.34. The maximum Gasteiger partial charge on any atom is 0.405 e. The number of benzene rings is 1. The predicted molar refractivity (Wildman–Crippen MR) is 153 cm³/mol. The van der Waals surface area contributed by atoms with Crippen LogP contribution in [0, 0.1) is 17.8 Å². The highest BCUT2D eigenvalue weighted by molar-refractivity contribution is 6.04. The molecule has 2 bridgehead atoms. The van der Waals surface area contributed by atoms with Gasteiger partial charge in [0.05, 0.1) is 24.0 Å². The number of ether oxygens (including phenoxy) is 4. The lowest BCUT2D eigenvalue weighted by Crippen LogP contribution is -2.37. The molecule has 0 spiro atoms. The van der Waals surface area contributed by atoms with Crippen molar-refractivity contribution in [2.45, 2.75) is 65.5 Å². The summed E-state index contributed by atoms with van der Waals surface area (Å²) in [6.07, 6.45) is 4.64. The molecule has 7 atom stereocenters. The predicted octanol–water partition coefficient (Wildman–Crippen LogP) is 4.98. The van der Waals surface area contributed by atoms with Crippen molar-refractivity contribution in [1.82, 2.24) is 0 Å². The molecular weight excluding hydrogens is 516 g/mol. The van der Waals surface area contributed by atoms with Crippen LogP contribution in [0.1, 0.15) is 52.7 Å². The van der Waals surface area contributed by atoms with Gasteiger partial charge in [-0.1, -0.05) is 45.1 Å². The largest absolute Gasteiger partial charge is 0.508 e. The molecule has 1 aliphatic heterocycles. The average molecular weight is 561 g/mol. The van der Waals surface area contributed by atoms with Crippen LogP contribution in [-0.2, 0) is 23.7 Å². The summed E-state index contributed by atoms with van der Waals surface area (Å²) in [7, 11) is 4.73. The lowest BCUT2D eigenvalue weighted by molar-refractivity contribution is -0.112. The molecule has 0 saturated heterocycles. The fraction of sp³-hybridized carbons (Fsp3) is 0.533. The van der Waals surface area contributed by atoms with E-state index in [9.17, 15) is 19.8 Å². The number of methoxy groups -OCH3 is 3. The molecular formula is C30H44N2O8. The van der Waals surface area contributed by atoms with Gasteiger partial charge in [-0.25, -0.2) is 4.79 Å². The number of nitrogens with two attached hydrogens (primary N) is 1. The molecule has 0 saturated carbocycles. The maximum absolute atomic E-state index is 12.9. The number of primary amides is 1. The SMILES string of the molecule is CO[C@H]1[C@H](C)/C=C(\C)[C@H](OC(N)=O)[C@@H](C)/C=C/C=C(\C)C(=O)Nc2cc(O)cc(c2O)[C@H](OC)[C@@H](C)C[C@@H]1OC. The number of anilines is 1. The first kappa shape index (κ1) is 32.9. The van der Waals surface area contributed by atoms with Crippen LogP contribution in [0.2, 0.25) is 0 Å². The van der Waals surface area contributed by atoms with E-state index in [-0.39, 0.29) is 47.1 Å². The topological polar surface area (TPSA) is 150 Å². The molecule has 40 heavy (non-hydrogen) atoms. The number of rotatable bonds is 4. The normalized spacial score (nSPS) is 32.2. The minimum atomic E-state index is -0.891. The van der Waals surface area contributed by atoms with Crippen LogP contribution in [0.4, 0.5) is 10.5 Å². The van der Waals surface area contributed by atoms with Crippen molar-refractivity contribution in [2.24, 2.45) is 23.5 Å². The van der Waals surface area contributed by atoms with Crippen molar-refractivity contribution in [3.8, 4) is 11.5 Å². The van der Waals surface area contributed by atoms with Crippen molar-refractivity contribution in [1.29, 1.82) is 0 Å². The Kier molecular flexibility index (Phi) is 12.2. The van der Waals surface area contributed by atoms with Gasteiger partial charge in [-0.3, -0.25) is 4.79 Å². The fourth-order valence-corrected chi connectivity index (χ4v) is 5.30. The number of hydrogen-bond donors (Lipinski definition) is 4. The number of carbonyl (C=O) groups is 2. The molecule has 10 nitrogen and oxygen atoms in total. The number of phenolic OH excluding ortho intramolecular Hbond substituents is 2. The van der Waals surface area contributed by atoms with Gasteiger partial charge in [-0.2, -0.15) is 0 Å². The standard InChI is InChI=1S/C30H44N2O8/c1-16-10-9-11-17(2)29(35)32-23-15-21(33)14-22(25(23)34)27(38-7)20(5)13-24(37-6)28(39-8)19(4)12-18(3)26(16)40-30(31)36/h9-12,14-16,19-20,24,26-28,33-34H,13H2,1-8H3,(H2,31,36)(H,32,35)/b10-9+,17-11+,18-12+/t16-,19+,20-,24-,26+,27+,28-/m0/s1. The zero-order valence-electron chi connectivity index (χ0n) is 24.6. The number of nitrogens with one attached hydrogen (secondary N) is 1. The molecule has 5 N–H and O–H groups in total. The van der Waals surface area contributed by atoms with Crippen LogP contribution in [0.15, 0.2) is 47.6 Å². The van der Waals surface area contributed by atoms with Crippen LogP contribution < -0.4 is 11.1 Å². The van der Waals surface area contributed by atoms with E-state index in [2.05, 4.69) is 5.32 Å². The Balaban J connectivity index is 2.67. The van der Waals surface area contributed by atoms with Gasteiger partial charge < -0.3 is 40.2 Å². The van der Waals surface area contributed by atoms with Gasteiger partial charge in [-0.05, 0) is 37.8 Å². The number of amides is 2. The summed E-state index contributed by atoms with van der Waals surface area (Å²) in [6, 6.07) is 2.71. The molecule has 0 aromatic heterocycles. The molecule has 1 aromatic carbocycles. The molecule has 0 radical (unpaired) electrons. The van der Waals surface area contributed by atoms with Gasteiger partial charge in [0.1, 0.15) is 17.6 Å². The summed E-state index contributed by atoms with van der Waals surface area (Å²) in [6.45, 7) is 9.30.